The maximum Gasteiger partial charge on any atom is 0.416 e. The van der Waals surface area contributed by atoms with E-state index in [9.17, 15) is 13.2 Å². The van der Waals surface area contributed by atoms with Gasteiger partial charge in [0.2, 0.25) is 0 Å². The summed E-state index contributed by atoms with van der Waals surface area (Å²) in [4.78, 5) is 8.48. The van der Waals surface area contributed by atoms with Gasteiger partial charge in [-0.25, -0.2) is 0 Å². The van der Waals surface area contributed by atoms with Gasteiger partial charge >= 0.3 is 6.18 Å². The molecule has 4 nitrogen and oxygen atoms in total. The van der Waals surface area contributed by atoms with Crippen molar-refractivity contribution in [1.29, 1.82) is 0 Å². The summed E-state index contributed by atoms with van der Waals surface area (Å²) in [6.45, 7) is 5.02. The van der Waals surface area contributed by atoms with Crippen molar-refractivity contribution in [1.82, 2.24) is 9.88 Å². The molecule has 0 atom stereocenters. The molecular formula is C17H20F3N3O. The summed E-state index contributed by atoms with van der Waals surface area (Å²) < 4.78 is 43.9. The number of likely N-dealkylation sites (N-methyl/N-ethyl adjacent to an activating group) is 1. The van der Waals surface area contributed by atoms with Crippen molar-refractivity contribution >= 4 is 16.6 Å². The number of morpholine rings is 1. The fraction of sp³-hybridized carbons (Fsp3) is 0.471. The lowest BCUT2D eigenvalue weighted by atomic mass is 10.1. The average molecular weight is 339 g/mol. The third-order valence-electron chi connectivity index (χ3n) is 4.31. The van der Waals surface area contributed by atoms with E-state index >= 15 is 0 Å². The lowest BCUT2D eigenvalue weighted by Gasteiger charge is -2.29. The lowest BCUT2D eigenvalue weighted by Crippen LogP contribution is -2.40. The molecule has 0 spiro atoms. The Morgan fingerprint density at radius 3 is 2.67 bits per heavy atom. The number of hydrogen-bond donors (Lipinski definition) is 0. The largest absolute Gasteiger partial charge is 0.416 e. The Bertz CT molecular complexity index is 699. The maximum absolute atomic E-state index is 12.8. The monoisotopic (exact) mass is 339 g/mol. The standard InChI is InChI=1S/C17H20F3N3O/c1-22(6-7-23-8-10-24-11-9-23)16-4-5-21-15-12-13(17(18,19)20)2-3-14(15)16/h2-5,12H,6-11H2,1H3. The number of fused-ring (bicyclic) bond motifs is 1. The Hall–Kier alpha value is -1.86. The van der Waals surface area contributed by atoms with E-state index in [2.05, 4.69) is 14.8 Å². The first-order chi connectivity index (χ1) is 11.4. The van der Waals surface area contributed by atoms with Crippen LogP contribution in [0.15, 0.2) is 30.5 Å². The van der Waals surface area contributed by atoms with Crippen molar-refractivity contribution in [3.63, 3.8) is 0 Å². The smallest absolute Gasteiger partial charge is 0.379 e. The van der Waals surface area contributed by atoms with Crippen LogP contribution >= 0.6 is 0 Å². The Morgan fingerprint density at radius 2 is 1.96 bits per heavy atom. The van der Waals surface area contributed by atoms with Gasteiger partial charge in [0.05, 0.1) is 24.3 Å². The molecule has 7 heteroatoms. The molecule has 1 saturated heterocycles. The molecule has 0 N–H and O–H groups in total. The molecule has 2 heterocycles. The lowest BCUT2D eigenvalue weighted by molar-refractivity contribution is -0.137. The molecule has 0 radical (unpaired) electrons. The number of nitrogens with zero attached hydrogens (tertiary/aromatic N) is 3. The highest BCUT2D eigenvalue weighted by Gasteiger charge is 2.30. The first-order valence-electron chi connectivity index (χ1n) is 7.92. The van der Waals surface area contributed by atoms with Crippen LogP contribution in [0.3, 0.4) is 0 Å². The number of hydrogen-bond acceptors (Lipinski definition) is 4. The number of rotatable bonds is 4. The summed E-state index contributed by atoms with van der Waals surface area (Å²) >= 11 is 0. The molecule has 130 valence electrons. The quantitative estimate of drug-likeness (QED) is 0.856. The van der Waals surface area contributed by atoms with E-state index in [4.69, 9.17) is 4.74 Å². The first-order valence-corrected chi connectivity index (χ1v) is 7.92. The van der Waals surface area contributed by atoms with Gasteiger partial charge in [-0.05, 0) is 18.2 Å². The van der Waals surface area contributed by atoms with Gasteiger partial charge in [0, 0.05) is 50.5 Å². The Morgan fingerprint density at radius 1 is 1.21 bits per heavy atom. The van der Waals surface area contributed by atoms with Crippen LogP contribution in [-0.2, 0) is 10.9 Å². The van der Waals surface area contributed by atoms with E-state index < -0.39 is 11.7 Å². The zero-order valence-corrected chi connectivity index (χ0v) is 13.5. The van der Waals surface area contributed by atoms with Crippen LogP contribution in [0.25, 0.3) is 10.9 Å². The fourth-order valence-electron chi connectivity index (χ4n) is 2.88. The van der Waals surface area contributed by atoms with Gasteiger partial charge in [0.1, 0.15) is 0 Å². The number of benzene rings is 1. The molecule has 1 aromatic carbocycles. The van der Waals surface area contributed by atoms with Crippen molar-refractivity contribution < 1.29 is 17.9 Å². The van der Waals surface area contributed by atoms with E-state index in [-0.39, 0.29) is 0 Å². The molecule has 1 aromatic heterocycles. The highest BCUT2D eigenvalue weighted by Crippen LogP contribution is 2.33. The predicted molar refractivity (Wildman–Crippen MR) is 87.3 cm³/mol. The van der Waals surface area contributed by atoms with E-state index in [1.165, 1.54) is 6.07 Å². The van der Waals surface area contributed by atoms with Crippen LogP contribution < -0.4 is 4.90 Å². The highest BCUT2D eigenvalue weighted by atomic mass is 19.4. The molecule has 0 bridgehead atoms. The topological polar surface area (TPSA) is 28.6 Å². The molecule has 0 amide bonds. The van der Waals surface area contributed by atoms with Gasteiger partial charge in [-0.15, -0.1) is 0 Å². The molecule has 0 saturated carbocycles. The van der Waals surface area contributed by atoms with Crippen LogP contribution in [0.4, 0.5) is 18.9 Å². The highest BCUT2D eigenvalue weighted by molar-refractivity contribution is 5.91. The zero-order valence-electron chi connectivity index (χ0n) is 13.5. The molecule has 1 aliphatic rings. The Kier molecular flexibility index (Phi) is 4.91. The molecule has 1 aliphatic heterocycles. The number of ether oxygens (including phenoxy) is 1. The molecule has 0 aliphatic carbocycles. The summed E-state index contributed by atoms with van der Waals surface area (Å²) in [5.41, 5.74) is 0.582. The number of alkyl halides is 3. The molecule has 2 aromatic rings. The molecule has 0 unspecified atom stereocenters. The summed E-state index contributed by atoms with van der Waals surface area (Å²) in [5, 5.41) is 0.731. The van der Waals surface area contributed by atoms with Crippen molar-refractivity contribution in [3.05, 3.63) is 36.0 Å². The van der Waals surface area contributed by atoms with Crippen molar-refractivity contribution in [2.45, 2.75) is 6.18 Å². The van der Waals surface area contributed by atoms with Gasteiger partial charge in [-0.3, -0.25) is 9.88 Å². The molecular weight excluding hydrogens is 319 g/mol. The van der Waals surface area contributed by atoms with Crippen molar-refractivity contribution in [2.24, 2.45) is 0 Å². The summed E-state index contributed by atoms with van der Waals surface area (Å²) in [6.07, 6.45) is -2.79. The molecule has 24 heavy (non-hydrogen) atoms. The minimum atomic E-state index is -4.35. The van der Waals surface area contributed by atoms with Crippen LogP contribution in [0.5, 0.6) is 0 Å². The third-order valence-corrected chi connectivity index (χ3v) is 4.31. The van der Waals surface area contributed by atoms with E-state index in [1.54, 1.807) is 6.20 Å². The third kappa shape index (κ3) is 3.79. The second kappa shape index (κ2) is 6.94. The van der Waals surface area contributed by atoms with Gasteiger partial charge < -0.3 is 9.64 Å². The van der Waals surface area contributed by atoms with E-state index in [0.29, 0.717) is 5.52 Å². The van der Waals surface area contributed by atoms with Gasteiger partial charge in [0.15, 0.2) is 0 Å². The molecule has 1 fully saturated rings. The SMILES string of the molecule is CN(CCN1CCOCC1)c1ccnc2cc(C(F)(F)F)ccc12. The second-order valence-electron chi connectivity index (χ2n) is 5.94. The zero-order chi connectivity index (χ0) is 17.2. The van der Waals surface area contributed by atoms with Gasteiger partial charge in [0.25, 0.3) is 0 Å². The minimum Gasteiger partial charge on any atom is -0.379 e. The predicted octanol–water partition coefficient (Wildman–Crippen LogP) is 3.02. The maximum atomic E-state index is 12.8. The van der Waals surface area contributed by atoms with E-state index in [1.807, 2.05) is 13.1 Å². The summed E-state index contributed by atoms with van der Waals surface area (Å²) in [6, 6.07) is 5.57. The second-order valence-corrected chi connectivity index (χ2v) is 5.94. The Balaban J connectivity index is 1.78. The fourth-order valence-corrected chi connectivity index (χ4v) is 2.88. The number of halogens is 3. The van der Waals surface area contributed by atoms with Crippen LogP contribution in [-0.4, -0.2) is 56.3 Å². The van der Waals surface area contributed by atoms with Crippen molar-refractivity contribution in [2.75, 3.05) is 51.3 Å². The summed E-state index contributed by atoms with van der Waals surface area (Å²) in [5.74, 6) is 0. The minimum absolute atomic E-state index is 0.362. The molecule has 3 rings (SSSR count). The average Bonchev–Trinajstić information content (AvgIpc) is 2.58. The number of aromatic nitrogens is 1. The van der Waals surface area contributed by atoms with E-state index in [0.717, 1.165) is 62.6 Å². The number of anilines is 1. The van der Waals surface area contributed by atoms with Gasteiger partial charge in [-0.2, -0.15) is 13.2 Å². The van der Waals surface area contributed by atoms with Crippen LogP contribution in [0.2, 0.25) is 0 Å². The normalized spacial score (nSPS) is 16.5. The Labute approximate surface area is 138 Å². The van der Waals surface area contributed by atoms with Gasteiger partial charge in [-0.1, -0.05) is 6.07 Å². The van der Waals surface area contributed by atoms with Crippen LogP contribution in [0, 0.1) is 0 Å². The summed E-state index contributed by atoms with van der Waals surface area (Å²) in [7, 11) is 1.95. The van der Waals surface area contributed by atoms with Crippen molar-refractivity contribution in [3.8, 4) is 0 Å². The number of pyridine rings is 1. The van der Waals surface area contributed by atoms with Crippen LogP contribution in [0.1, 0.15) is 5.56 Å². The first kappa shape index (κ1) is 17.0.